The van der Waals surface area contributed by atoms with Crippen LogP contribution in [0.4, 0.5) is 0 Å². The van der Waals surface area contributed by atoms with Gasteiger partial charge in [0, 0.05) is 9.50 Å². The lowest BCUT2D eigenvalue weighted by atomic mass is 9.89. The summed E-state index contributed by atoms with van der Waals surface area (Å²) in [5.41, 5.74) is 6.51. The van der Waals surface area contributed by atoms with Crippen LogP contribution in [0.1, 0.15) is 33.7 Å². The van der Waals surface area contributed by atoms with Gasteiger partial charge in [-0.1, -0.05) is 96.1 Å². The molecule has 0 heterocycles. The highest BCUT2D eigenvalue weighted by atomic mass is 127. The predicted octanol–water partition coefficient (Wildman–Crippen LogP) is 6.91. The smallest absolute Gasteiger partial charge is 0.0282 e. The number of hydrogen-bond donors (Lipinski definition) is 0. The Labute approximate surface area is 158 Å². The molecule has 0 radical (unpaired) electrons. The van der Waals surface area contributed by atoms with E-state index < -0.39 is 0 Å². The molecule has 0 N–H and O–H groups in total. The number of benzene rings is 3. The van der Waals surface area contributed by atoms with Crippen LogP contribution in [0.2, 0.25) is 0 Å². The van der Waals surface area contributed by atoms with Crippen LogP contribution in [0, 0.1) is 13.8 Å². The first-order chi connectivity index (χ1) is 11.6. The van der Waals surface area contributed by atoms with Crippen LogP contribution >= 0.6 is 22.6 Å². The van der Waals surface area contributed by atoms with Crippen LogP contribution in [0.3, 0.4) is 0 Å². The summed E-state index contributed by atoms with van der Waals surface area (Å²) in [7, 11) is 0. The first kappa shape index (κ1) is 17.0. The van der Waals surface area contributed by atoms with Crippen LogP contribution in [0.5, 0.6) is 0 Å². The maximum absolute atomic E-state index is 2.45. The third-order valence-corrected chi connectivity index (χ3v) is 5.22. The monoisotopic (exact) mass is 424 g/mol. The average Bonchev–Trinajstić information content (AvgIpc) is 2.62. The normalized spacial score (nSPS) is 11.8. The minimum absolute atomic E-state index is 0.262. The van der Waals surface area contributed by atoms with Crippen molar-refractivity contribution in [3.63, 3.8) is 0 Å². The summed E-state index contributed by atoms with van der Waals surface area (Å²) >= 11 is 2.45. The summed E-state index contributed by atoms with van der Waals surface area (Å²) in [6.07, 6.45) is 2.37. The highest BCUT2D eigenvalue weighted by molar-refractivity contribution is 14.1. The van der Waals surface area contributed by atoms with Crippen LogP contribution in [0.25, 0.3) is 3.58 Å². The summed E-state index contributed by atoms with van der Waals surface area (Å²) in [5, 5.41) is 0. The Balaban J connectivity index is 2.04. The molecule has 0 unspecified atom stereocenters. The lowest BCUT2D eigenvalue weighted by Crippen LogP contribution is -1.99. The van der Waals surface area contributed by atoms with Crippen LogP contribution in [-0.4, -0.2) is 0 Å². The van der Waals surface area contributed by atoms with E-state index in [-0.39, 0.29) is 5.92 Å². The molecule has 0 saturated carbocycles. The Morgan fingerprint density at radius 1 is 0.708 bits per heavy atom. The zero-order valence-electron chi connectivity index (χ0n) is 14.0. The van der Waals surface area contributed by atoms with Crippen LogP contribution < -0.4 is 0 Å². The standard InChI is InChI=1S/C23H21I/c1-17-8-12-19(13-9-17)22(20-14-10-18(2)11-15-20)16-23(24)21-6-4-3-5-7-21/h3-16,22H,1-2H3/b23-16+. The SMILES string of the molecule is Cc1ccc(C(/C=C(/I)c2ccccc2)c2ccc(C)cc2)cc1. The molecule has 0 aliphatic heterocycles. The molecule has 3 rings (SSSR count). The fourth-order valence-electron chi connectivity index (χ4n) is 2.77. The second-order valence-electron chi connectivity index (χ2n) is 6.18. The van der Waals surface area contributed by atoms with Gasteiger partial charge in [-0.3, -0.25) is 0 Å². The lowest BCUT2D eigenvalue weighted by molar-refractivity contribution is 1.03. The number of halogens is 1. The van der Waals surface area contributed by atoms with Gasteiger partial charge in [-0.25, -0.2) is 0 Å². The maximum atomic E-state index is 2.45. The summed E-state index contributed by atoms with van der Waals surface area (Å²) in [6.45, 7) is 4.27. The molecule has 0 saturated heterocycles. The van der Waals surface area contributed by atoms with Gasteiger partial charge in [-0.2, -0.15) is 0 Å². The van der Waals surface area contributed by atoms with E-state index in [1.807, 2.05) is 0 Å². The van der Waals surface area contributed by atoms with Crippen molar-refractivity contribution in [3.05, 3.63) is 113 Å². The molecule has 0 aliphatic rings. The summed E-state index contributed by atoms with van der Waals surface area (Å²) in [5.74, 6) is 0.262. The largest absolute Gasteiger partial charge is 0.0622 e. The van der Waals surface area contributed by atoms with Crippen LogP contribution in [-0.2, 0) is 0 Å². The predicted molar refractivity (Wildman–Crippen MR) is 113 cm³/mol. The molecule has 0 nitrogen and oxygen atoms in total. The zero-order chi connectivity index (χ0) is 16.9. The molecule has 3 aromatic carbocycles. The van der Waals surface area contributed by atoms with Crippen molar-refractivity contribution < 1.29 is 0 Å². The molecule has 0 spiro atoms. The average molecular weight is 424 g/mol. The Morgan fingerprint density at radius 2 is 1.17 bits per heavy atom. The van der Waals surface area contributed by atoms with Gasteiger partial charge in [0.05, 0.1) is 0 Å². The van der Waals surface area contributed by atoms with Gasteiger partial charge in [0.2, 0.25) is 0 Å². The van der Waals surface area contributed by atoms with Gasteiger partial charge in [-0.05, 0) is 53.1 Å². The highest BCUT2D eigenvalue weighted by Crippen LogP contribution is 2.32. The maximum Gasteiger partial charge on any atom is 0.0282 e. The van der Waals surface area contributed by atoms with Gasteiger partial charge in [0.1, 0.15) is 0 Å². The Hall–Kier alpha value is -1.87. The number of allylic oxidation sites excluding steroid dienone is 1. The fourth-order valence-corrected chi connectivity index (χ4v) is 3.49. The summed E-state index contributed by atoms with van der Waals surface area (Å²) in [4.78, 5) is 0. The minimum atomic E-state index is 0.262. The quantitative estimate of drug-likeness (QED) is 0.399. The van der Waals surface area contributed by atoms with E-state index in [4.69, 9.17) is 0 Å². The first-order valence-corrected chi connectivity index (χ1v) is 9.27. The van der Waals surface area contributed by atoms with Crippen molar-refractivity contribution in [1.82, 2.24) is 0 Å². The van der Waals surface area contributed by atoms with Gasteiger partial charge in [0.15, 0.2) is 0 Å². The van der Waals surface area contributed by atoms with Gasteiger partial charge in [0.25, 0.3) is 0 Å². The third-order valence-electron chi connectivity index (χ3n) is 4.24. The van der Waals surface area contributed by atoms with Gasteiger partial charge >= 0.3 is 0 Å². The van der Waals surface area contributed by atoms with E-state index >= 15 is 0 Å². The van der Waals surface area contributed by atoms with Crippen molar-refractivity contribution in [1.29, 1.82) is 0 Å². The molecule has 0 aliphatic carbocycles. The van der Waals surface area contributed by atoms with E-state index in [1.54, 1.807) is 0 Å². The summed E-state index contributed by atoms with van der Waals surface area (Å²) < 4.78 is 1.28. The molecular formula is C23H21I. The Kier molecular flexibility index (Phi) is 5.52. The van der Waals surface area contributed by atoms with Crippen molar-refractivity contribution in [2.45, 2.75) is 19.8 Å². The lowest BCUT2D eigenvalue weighted by Gasteiger charge is -2.16. The molecule has 0 atom stereocenters. The van der Waals surface area contributed by atoms with E-state index in [2.05, 4.69) is 121 Å². The van der Waals surface area contributed by atoms with Crippen molar-refractivity contribution in [3.8, 4) is 0 Å². The number of hydrogen-bond acceptors (Lipinski definition) is 0. The molecule has 120 valence electrons. The van der Waals surface area contributed by atoms with Crippen molar-refractivity contribution in [2.75, 3.05) is 0 Å². The topological polar surface area (TPSA) is 0 Å². The first-order valence-electron chi connectivity index (χ1n) is 8.19. The van der Waals surface area contributed by atoms with E-state index in [0.29, 0.717) is 0 Å². The van der Waals surface area contributed by atoms with E-state index in [0.717, 1.165) is 0 Å². The Bertz CT molecular complexity index is 767. The molecule has 0 aromatic heterocycles. The molecule has 0 fully saturated rings. The molecule has 1 heteroatoms. The highest BCUT2D eigenvalue weighted by Gasteiger charge is 2.13. The summed E-state index contributed by atoms with van der Waals surface area (Å²) in [6, 6.07) is 28.3. The minimum Gasteiger partial charge on any atom is -0.0622 e. The van der Waals surface area contributed by atoms with Gasteiger partial charge in [-0.15, -0.1) is 0 Å². The molecule has 24 heavy (non-hydrogen) atoms. The van der Waals surface area contributed by atoms with E-state index in [1.165, 1.54) is 31.4 Å². The van der Waals surface area contributed by atoms with E-state index in [9.17, 15) is 0 Å². The van der Waals surface area contributed by atoms with Crippen molar-refractivity contribution in [2.24, 2.45) is 0 Å². The molecule has 0 bridgehead atoms. The second-order valence-corrected chi connectivity index (χ2v) is 7.34. The number of rotatable bonds is 4. The van der Waals surface area contributed by atoms with Crippen LogP contribution in [0.15, 0.2) is 84.9 Å². The Morgan fingerprint density at radius 3 is 1.62 bits per heavy atom. The third kappa shape index (κ3) is 4.15. The number of aryl methyl sites for hydroxylation is 2. The fraction of sp³-hybridized carbons (Fsp3) is 0.130. The van der Waals surface area contributed by atoms with Crippen molar-refractivity contribution >= 4 is 26.2 Å². The second kappa shape index (κ2) is 7.80. The molecular weight excluding hydrogens is 403 g/mol. The zero-order valence-corrected chi connectivity index (χ0v) is 16.2. The molecule has 0 amide bonds. The molecule has 3 aromatic rings. The van der Waals surface area contributed by atoms with Gasteiger partial charge < -0.3 is 0 Å².